The van der Waals surface area contributed by atoms with Crippen LogP contribution in [0, 0.1) is 0 Å². The fraction of sp³-hybridized carbons (Fsp3) is 0.878. The van der Waals surface area contributed by atoms with Crippen LogP contribution in [0.3, 0.4) is 0 Å². The highest BCUT2D eigenvalue weighted by molar-refractivity contribution is 5.71. The Kier molecular flexibility index (Phi) is 67.1. The van der Waals surface area contributed by atoms with Crippen molar-refractivity contribution in [1.82, 2.24) is 0 Å². The monoisotopic (exact) mass is 1120 g/mol. The summed E-state index contributed by atoms with van der Waals surface area (Å²) in [6, 6.07) is 0. The maximum absolute atomic E-state index is 12.9. The first-order valence-electron chi connectivity index (χ1n) is 36.0. The molecular formula is C74H138O6. The quantitative estimate of drug-likeness (QED) is 0.0261. The molecule has 0 amide bonds. The number of ether oxygens (including phenoxy) is 3. The van der Waals surface area contributed by atoms with Crippen molar-refractivity contribution in [2.75, 3.05) is 13.2 Å². The van der Waals surface area contributed by atoms with Crippen molar-refractivity contribution in [1.29, 1.82) is 0 Å². The second-order valence-electron chi connectivity index (χ2n) is 24.5. The molecular weight excluding hydrogens is 985 g/mol. The van der Waals surface area contributed by atoms with E-state index in [0.29, 0.717) is 19.3 Å². The maximum atomic E-state index is 12.9. The van der Waals surface area contributed by atoms with Gasteiger partial charge < -0.3 is 14.2 Å². The lowest BCUT2D eigenvalue weighted by molar-refractivity contribution is -0.167. The average Bonchev–Trinajstić information content (AvgIpc) is 3.46. The van der Waals surface area contributed by atoms with E-state index in [4.69, 9.17) is 14.2 Å². The zero-order valence-corrected chi connectivity index (χ0v) is 54.1. The van der Waals surface area contributed by atoms with Crippen molar-refractivity contribution >= 4 is 17.9 Å². The Morgan fingerprint density at radius 3 is 0.750 bits per heavy atom. The van der Waals surface area contributed by atoms with Gasteiger partial charge in [-0.2, -0.15) is 0 Å². The molecule has 0 bridgehead atoms. The highest BCUT2D eigenvalue weighted by Gasteiger charge is 2.19. The molecule has 0 aromatic carbocycles. The third-order valence-corrected chi connectivity index (χ3v) is 16.3. The molecule has 6 nitrogen and oxygen atoms in total. The first-order chi connectivity index (χ1) is 39.5. The predicted molar refractivity (Wildman–Crippen MR) is 349 cm³/mol. The number of esters is 3. The van der Waals surface area contributed by atoms with Crippen LogP contribution in [0.4, 0.5) is 0 Å². The Balaban J connectivity index is 4.11. The highest BCUT2D eigenvalue weighted by Crippen LogP contribution is 2.19. The summed E-state index contributed by atoms with van der Waals surface area (Å²) in [7, 11) is 0. The van der Waals surface area contributed by atoms with E-state index < -0.39 is 6.10 Å². The van der Waals surface area contributed by atoms with Crippen LogP contribution in [0.25, 0.3) is 0 Å². The Morgan fingerprint density at radius 1 is 0.250 bits per heavy atom. The van der Waals surface area contributed by atoms with Gasteiger partial charge in [0.2, 0.25) is 0 Å². The molecule has 6 heteroatoms. The fourth-order valence-corrected chi connectivity index (χ4v) is 11.0. The largest absolute Gasteiger partial charge is 0.462 e. The van der Waals surface area contributed by atoms with Gasteiger partial charge in [0.25, 0.3) is 0 Å². The number of rotatable bonds is 67. The number of unbranched alkanes of at least 4 members (excludes halogenated alkanes) is 50. The summed E-state index contributed by atoms with van der Waals surface area (Å²) in [5, 5.41) is 0. The molecule has 470 valence electrons. The topological polar surface area (TPSA) is 78.9 Å². The summed E-state index contributed by atoms with van der Waals surface area (Å²) in [4.78, 5) is 38.4. The highest BCUT2D eigenvalue weighted by atomic mass is 16.6. The maximum Gasteiger partial charge on any atom is 0.306 e. The SMILES string of the molecule is CCC/C=C\C/C=C\CCCCCCCC(=O)OCC(COC(=O)CCCCCCCCCCCCCCCCCCCCCCCCCCCCCCCCCC)OC(=O)CCCCCCCCC/C=C\CCCCCCCC. The van der Waals surface area contributed by atoms with Gasteiger partial charge in [0.1, 0.15) is 13.2 Å². The number of carbonyl (C=O) groups excluding carboxylic acids is 3. The zero-order chi connectivity index (χ0) is 57.8. The normalized spacial score (nSPS) is 12.2. The standard InChI is InChI=1S/C74H138O6/c1-4-7-10-13-16-19-22-25-27-29-30-31-32-33-34-35-36-37-38-39-40-41-42-43-45-46-49-52-55-58-61-64-67-73(76)79-70-71(69-78-72(75)66-63-60-57-54-51-48-24-21-18-15-12-9-6-3)80-74(77)68-65-62-59-56-53-50-47-44-28-26-23-20-17-14-11-8-5-2/h12,15,21,24,26,28,71H,4-11,13-14,16-20,22-23,25,27,29-70H2,1-3H3/b15-12-,24-21-,28-26-. The molecule has 0 aliphatic carbocycles. The van der Waals surface area contributed by atoms with E-state index in [2.05, 4.69) is 57.2 Å². The number of carbonyl (C=O) groups is 3. The minimum atomic E-state index is -0.779. The van der Waals surface area contributed by atoms with Crippen molar-refractivity contribution in [3.63, 3.8) is 0 Å². The summed E-state index contributed by atoms with van der Waals surface area (Å²) in [6.45, 7) is 6.63. The van der Waals surface area contributed by atoms with E-state index in [-0.39, 0.29) is 31.1 Å². The number of allylic oxidation sites excluding steroid dienone is 6. The minimum absolute atomic E-state index is 0.0742. The smallest absolute Gasteiger partial charge is 0.306 e. The van der Waals surface area contributed by atoms with Gasteiger partial charge in [0.15, 0.2) is 6.10 Å². The molecule has 0 fully saturated rings. The first kappa shape index (κ1) is 77.6. The van der Waals surface area contributed by atoms with Gasteiger partial charge in [0, 0.05) is 19.3 Å². The molecule has 80 heavy (non-hydrogen) atoms. The second-order valence-corrected chi connectivity index (χ2v) is 24.5. The van der Waals surface area contributed by atoms with Crippen LogP contribution in [0.2, 0.25) is 0 Å². The van der Waals surface area contributed by atoms with Gasteiger partial charge in [-0.05, 0) is 70.6 Å². The fourth-order valence-electron chi connectivity index (χ4n) is 11.0. The summed E-state index contributed by atoms with van der Waals surface area (Å²) in [5.41, 5.74) is 0. The van der Waals surface area contributed by atoms with E-state index >= 15 is 0 Å². The summed E-state index contributed by atoms with van der Waals surface area (Å²) >= 11 is 0. The Morgan fingerprint density at radius 2 is 0.475 bits per heavy atom. The lowest BCUT2D eigenvalue weighted by atomic mass is 10.0. The van der Waals surface area contributed by atoms with Gasteiger partial charge in [0.05, 0.1) is 0 Å². The molecule has 0 heterocycles. The third-order valence-electron chi connectivity index (χ3n) is 16.3. The molecule has 0 aliphatic rings. The molecule has 0 aromatic heterocycles. The van der Waals surface area contributed by atoms with Gasteiger partial charge in [-0.15, -0.1) is 0 Å². The summed E-state index contributed by atoms with van der Waals surface area (Å²) in [5.74, 6) is -0.868. The van der Waals surface area contributed by atoms with E-state index in [1.54, 1.807) is 0 Å². The molecule has 0 N–H and O–H groups in total. The van der Waals surface area contributed by atoms with Crippen molar-refractivity contribution in [3.05, 3.63) is 36.5 Å². The molecule has 0 rings (SSSR count). The van der Waals surface area contributed by atoms with Crippen LogP contribution in [0.15, 0.2) is 36.5 Å². The number of hydrogen-bond acceptors (Lipinski definition) is 6. The summed E-state index contributed by atoms with van der Waals surface area (Å²) in [6.07, 6.45) is 86.3. The van der Waals surface area contributed by atoms with E-state index in [1.807, 2.05) is 0 Å². The van der Waals surface area contributed by atoms with E-state index in [1.165, 1.54) is 276 Å². The van der Waals surface area contributed by atoms with Gasteiger partial charge in [-0.25, -0.2) is 0 Å². The van der Waals surface area contributed by atoms with Crippen molar-refractivity contribution in [2.24, 2.45) is 0 Å². The summed E-state index contributed by atoms with van der Waals surface area (Å²) < 4.78 is 17.0. The van der Waals surface area contributed by atoms with E-state index in [0.717, 1.165) is 83.5 Å². The van der Waals surface area contributed by atoms with Crippen LogP contribution < -0.4 is 0 Å². The molecule has 1 unspecified atom stereocenters. The first-order valence-corrected chi connectivity index (χ1v) is 36.0. The molecule has 0 spiro atoms. The average molecular weight is 1120 g/mol. The Hall–Kier alpha value is -2.37. The second kappa shape index (κ2) is 69.1. The molecule has 0 aromatic rings. The molecule has 0 saturated carbocycles. The van der Waals surface area contributed by atoms with Gasteiger partial charge in [-0.1, -0.05) is 346 Å². The zero-order valence-electron chi connectivity index (χ0n) is 54.1. The lowest BCUT2D eigenvalue weighted by Crippen LogP contribution is -2.30. The van der Waals surface area contributed by atoms with Crippen molar-refractivity contribution < 1.29 is 28.6 Å². The minimum Gasteiger partial charge on any atom is -0.462 e. The van der Waals surface area contributed by atoms with Crippen molar-refractivity contribution in [2.45, 2.75) is 406 Å². The van der Waals surface area contributed by atoms with E-state index in [9.17, 15) is 14.4 Å². The molecule has 1 atom stereocenters. The predicted octanol–water partition coefficient (Wildman–Crippen LogP) is 24.7. The molecule has 0 aliphatic heterocycles. The van der Waals surface area contributed by atoms with Crippen LogP contribution in [0.1, 0.15) is 400 Å². The van der Waals surface area contributed by atoms with Gasteiger partial charge >= 0.3 is 17.9 Å². The van der Waals surface area contributed by atoms with Crippen LogP contribution in [-0.2, 0) is 28.6 Å². The van der Waals surface area contributed by atoms with Crippen LogP contribution in [0.5, 0.6) is 0 Å². The third kappa shape index (κ3) is 66.4. The molecule has 0 radical (unpaired) electrons. The molecule has 0 saturated heterocycles. The van der Waals surface area contributed by atoms with Crippen molar-refractivity contribution in [3.8, 4) is 0 Å². The Bertz CT molecular complexity index is 1340. The number of hydrogen-bond donors (Lipinski definition) is 0. The lowest BCUT2D eigenvalue weighted by Gasteiger charge is -2.18. The van der Waals surface area contributed by atoms with Crippen LogP contribution >= 0.6 is 0 Å². The van der Waals surface area contributed by atoms with Gasteiger partial charge in [-0.3, -0.25) is 14.4 Å². The van der Waals surface area contributed by atoms with Crippen LogP contribution in [-0.4, -0.2) is 37.2 Å². The Labute approximate surface area is 499 Å².